The molecule has 0 fully saturated rings. The van der Waals surface area contributed by atoms with Gasteiger partial charge >= 0.3 is 25.7 Å². The van der Waals surface area contributed by atoms with Crippen LogP contribution in [0.1, 0.15) is 239 Å². The predicted molar refractivity (Wildman–Crippen MR) is 298 cm³/mol. The van der Waals surface area contributed by atoms with Crippen molar-refractivity contribution in [2.75, 3.05) is 26.4 Å². The van der Waals surface area contributed by atoms with E-state index in [1.165, 1.54) is 83.5 Å². The molecule has 72 heavy (non-hydrogen) atoms. The fraction of sp³-hybridized carbons (Fsp3) is 0.717. The monoisotopic (exact) mass is 1030 g/mol. The van der Waals surface area contributed by atoms with Crippen LogP contribution in [0.5, 0.6) is 0 Å². The molecule has 0 amide bonds. The van der Waals surface area contributed by atoms with Crippen molar-refractivity contribution >= 4 is 25.7 Å². The first-order valence-electron chi connectivity index (χ1n) is 28.5. The SMILES string of the molecule is CC/C=C\C/C=C\C/C=C\C/C=C\CCC(=O)OCC(COP(=O)(O)OCC(CO)OC(=O)CCCCCCC/C=C\C/C=C\CCC)OC(=O)CCCCCCCCCCC/C=C\CCCCCCCC. The van der Waals surface area contributed by atoms with Gasteiger partial charge in [-0.05, 0) is 96.3 Å². The van der Waals surface area contributed by atoms with Gasteiger partial charge in [-0.2, -0.15) is 0 Å². The van der Waals surface area contributed by atoms with Gasteiger partial charge in [0.05, 0.1) is 19.8 Å². The van der Waals surface area contributed by atoms with Gasteiger partial charge in [-0.3, -0.25) is 23.4 Å². The van der Waals surface area contributed by atoms with Crippen LogP contribution in [0.25, 0.3) is 0 Å². The van der Waals surface area contributed by atoms with E-state index < -0.39 is 57.8 Å². The summed E-state index contributed by atoms with van der Waals surface area (Å²) in [6.45, 7) is 4.36. The van der Waals surface area contributed by atoms with E-state index in [0.29, 0.717) is 19.3 Å². The summed E-state index contributed by atoms with van der Waals surface area (Å²) in [5, 5.41) is 9.79. The van der Waals surface area contributed by atoms with Gasteiger partial charge in [-0.1, -0.05) is 209 Å². The van der Waals surface area contributed by atoms with E-state index in [9.17, 15) is 28.9 Å². The van der Waals surface area contributed by atoms with Gasteiger partial charge in [0.2, 0.25) is 0 Å². The lowest BCUT2D eigenvalue weighted by Crippen LogP contribution is -2.30. The number of hydrogen-bond acceptors (Lipinski definition) is 10. The predicted octanol–water partition coefficient (Wildman–Crippen LogP) is 16.7. The largest absolute Gasteiger partial charge is 0.472 e. The van der Waals surface area contributed by atoms with Gasteiger partial charge in [0.25, 0.3) is 0 Å². The fourth-order valence-corrected chi connectivity index (χ4v) is 8.24. The van der Waals surface area contributed by atoms with Crippen molar-refractivity contribution in [2.45, 2.75) is 251 Å². The molecule has 0 aromatic rings. The Hall–Kier alpha value is -3.34. The highest BCUT2D eigenvalue weighted by Gasteiger charge is 2.28. The summed E-state index contributed by atoms with van der Waals surface area (Å²) in [4.78, 5) is 48.4. The average Bonchev–Trinajstić information content (AvgIpc) is 3.37. The second kappa shape index (κ2) is 53.9. The van der Waals surface area contributed by atoms with E-state index in [4.69, 9.17) is 23.3 Å². The maximum Gasteiger partial charge on any atom is 0.472 e. The number of carbonyl (C=O) groups is 3. The van der Waals surface area contributed by atoms with E-state index >= 15 is 0 Å². The Morgan fingerprint density at radius 2 is 0.778 bits per heavy atom. The number of allylic oxidation sites excluding steroid dienone is 14. The highest BCUT2D eigenvalue weighted by atomic mass is 31.2. The molecule has 0 aromatic carbocycles. The van der Waals surface area contributed by atoms with Gasteiger partial charge in [-0.15, -0.1) is 0 Å². The summed E-state index contributed by atoms with van der Waals surface area (Å²) < 4.78 is 39.4. The Morgan fingerprint density at radius 1 is 0.403 bits per heavy atom. The lowest BCUT2D eigenvalue weighted by Gasteiger charge is -2.21. The van der Waals surface area contributed by atoms with Crippen molar-refractivity contribution in [1.29, 1.82) is 0 Å². The quantitative estimate of drug-likeness (QED) is 0.0197. The molecule has 11 nitrogen and oxygen atoms in total. The minimum Gasteiger partial charge on any atom is -0.462 e. The Balaban J connectivity index is 4.78. The lowest BCUT2D eigenvalue weighted by atomic mass is 10.1. The maximum absolute atomic E-state index is 12.9. The summed E-state index contributed by atoms with van der Waals surface area (Å²) in [5.41, 5.74) is 0. The molecule has 12 heteroatoms. The molecule has 3 atom stereocenters. The molecule has 0 bridgehead atoms. The van der Waals surface area contributed by atoms with Crippen molar-refractivity contribution in [2.24, 2.45) is 0 Å². The van der Waals surface area contributed by atoms with Crippen LogP contribution in [-0.4, -0.2) is 66.5 Å². The van der Waals surface area contributed by atoms with Crippen molar-refractivity contribution in [3.05, 3.63) is 85.1 Å². The molecule has 0 saturated heterocycles. The Labute approximate surface area is 439 Å². The third kappa shape index (κ3) is 51.6. The van der Waals surface area contributed by atoms with Crippen LogP contribution in [0.4, 0.5) is 0 Å². The minimum atomic E-state index is -4.77. The average molecular weight is 1030 g/mol. The van der Waals surface area contributed by atoms with Crippen molar-refractivity contribution in [3.63, 3.8) is 0 Å². The van der Waals surface area contributed by atoms with Crippen LogP contribution in [-0.2, 0) is 42.2 Å². The molecule has 0 aliphatic rings. The van der Waals surface area contributed by atoms with Gasteiger partial charge < -0.3 is 24.2 Å². The van der Waals surface area contributed by atoms with Crippen molar-refractivity contribution < 1.29 is 52.2 Å². The molecule has 2 N–H and O–H groups in total. The van der Waals surface area contributed by atoms with Gasteiger partial charge in [0.1, 0.15) is 12.7 Å². The molecule has 414 valence electrons. The van der Waals surface area contributed by atoms with Crippen LogP contribution < -0.4 is 0 Å². The number of ether oxygens (including phenoxy) is 3. The zero-order valence-corrected chi connectivity index (χ0v) is 46.5. The summed E-state index contributed by atoms with van der Waals surface area (Å²) in [7, 11) is -4.77. The highest BCUT2D eigenvalue weighted by molar-refractivity contribution is 7.47. The molecule has 0 spiro atoms. The second-order valence-corrected chi connectivity index (χ2v) is 20.2. The Morgan fingerprint density at radius 3 is 1.24 bits per heavy atom. The normalized spacial score (nSPS) is 14.0. The van der Waals surface area contributed by atoms with Gasteiger partial charge in [-0.25, -0.2) is 4.57 Å². The van der Waals surface area contributed by atoms with Crippen LogP contribution in [0.2, 0.25) is 0 Å². The number of carbonyl (C=O) groups excluding carboxylic acids is 3. The van der Waals surface area contributed by atoms with E-state index in [0.717, 1.165) is 96.3 Å². The summed E-state index contributed by atoms with van der Waals surface area (Å²) in [5.74, 6) is -1.58. The van der Waals surface area contributed by atoms with Crippen LogP contribution in [0, 0.1) is 0 Å². The highest BCUT2D eigenvalue weighted by Crippen LogP contribution is 2.43. The molecule has 0 saturated carbocycles. The fourth-order valence-electron chi connectivity index (χ4n) is 7.46. The van der Waals surface area contributed by atoms with Gasteiger partial charge in [0, 0.05) is 19.3 Å². The van der Waals surface area contributed by atoms with Crippen molar-refractivity contribution in [3.8, 4) is 0 Å². The molecule has 3 unspecified atom stereocenters. The molecule has 0 rings (SSSR count). The standard InChI is InChI=1S/C60H103O11P/c1-4-7-10-13-16-19-22-25-26-27-28-29-30-33-36-39-42-45-48-51-60(64)71-57(53-67-58(62)49-46-43-40-37-34-31-23-20-17-14-11-8-5-2)55-69-72(65,66)68-54-56(52-61)70-59(63)50-47-44-41-38-35-32-24-21-18-15-12-9-6-3/h8,11-12,15,17,20-21,24-26,31,34,40,43,56-57,61H,4-7,9-10,13-14,16,18-19,22-23,27-30,32-33,35-39,41-42,44-55H2,1-3H3,(H,65,66)/b11-8-,15-12-,20-17-,24-21-,26-25-,34-31-,43-40-. The van der Waals surface area contributed by atoms with Gasteiger partial charge in [0.15, 0.2) is 6.10 Å². The van der Waals surface area contributed by atoms with Crippen LogP contribution in [0.3, 0.4) is 0 Å². The molecule has 0 heterocycles. The number of aliphatic hydroxyl groups is 1. The first kappa shape index (κ1) is 68.7. The molecule has 0 aliphatic heterocycles. The number of hydrogen-bond donors (Lipinski definition) is 2. The summed E-state index contributed by atoms with van der Waals surface area (Å²) in [6, 6.07) is 0. The smallest absolute Gasteiger partial charge is 0.462 e. The zero-order chi connectivity index (χ0) is 52.7. The molecular formula is C60H103O11P. The molecule has 0 aliphatic carbocycles. The summed E-state index contributed by atoms with van der Waals surface area (Å²) in [6.07, 6.45) is 61.4. The molecule has 0 aromatic heterocycles. The number of rotatable bonds is 52. The first-order valence-corrected chi connectivity index (χ1v) is 30.0. The molecular weight excluding hydrogens is 928 g/mol. The van der Waals surface area contributed by atoms with E-state index in [2.05, 4.69) is 93.7 Å². The van der Waals surface area contributed by atoms with Crippen LogP contribution in [0.15, 0.2) is 85.1 Å². The summed E-state index contributed by atoms with van der Waals surface area (Å²) >= 11 is 0. The minimum absolute atomic E-state index is 0.102. The van der Waals surface area contributed by atoms with Crippen molar-refractivity contribution in [1.82, 2.24) is 0 Å². The lowest BCUT2D eigenvalue weighted by molar-refractivity contribution is -0.161. The Bertz CT molecular complexity index is 1530. The second-order valence-electron chi connectivity index (χ2n) is 18.7. The third-order valence-electron chi connectivity index (χ3n) is 11.8. The number of phosphoric ester groups is 1. The van der Waals surface area contributed by atoms with Crippen LogP contribution >= 0.6 is 7.82 Å². The zero-order valence-electron chi connectivity index (χ0n) is 45.6. The van der Waals surface area contributed by atoms with E-state index in [-0.39, 0.29) is 25.9 Å². The third-order valence-corrected chi connectivity index (χ3v) is 12.7. The number of unbranched alkanes of at least 4 members (excludes halogenated alkanes) is 21. The first-order chi connectivity index (χ1) is 35.2. The van der Waals surface area contributed by atoms with E-state index in [1.807, 2.05) is 12.2 Å². The number of esters is 3. The topological polar surface area (TPSA) is 155 Å². The maximum atomic E-state index is 12.9. The molecule has 0 radical (unpaired) electrons. The number of aliphatic hydroxyl groups excluding tert-OH is 1. The van der Waals surface area contributed by atoms with E-state index in [1.54, 1.807) is 0 Å². The number of phosphoric acid groups is 1. The Kier molecular flexibility index (Phi) is 51.4.